The molecule has 0 aliphatic heterocycles. The maximum Gasteiger partial charge on any atom is 0.326 e. The molecule has 130 valence electrons. The van der Waals surface area contributed by atoms with Crippen molar-refractivity contribution in [2.24, 2.45) is 0 Å². The van der Waals surface area contributed by atoms with Crippen LogP contribution in [0.1, 0.15) is 22.6 Å². The van der Waals surface area contributed by atoms with Crippen molar-refractivity contribution in [1.29, 1.82) is 0 Å². The topological polar surface area (TPSA) is 95.1 Å². The summed E-state index contributed by atoms with van der Waals surface area (Å²) in [5, 5.41) is 13.1. The number of hydrogen-bond acceptors (Lipinski definition) is 4. The van der Waals surface area contributed by atoms with Crippen LogP contribution in [-0.2, 0) is 22.4 Å². The number of aromatic amines is 1. The molecule has 2 aromatic heterocycles. The molecule has 3 rings (SSSR count). The van der Waals surface area contributed by atoms with E-state index in [0.717, 1.165) is 27.0 Å². The summed E-state index contributed by atoms with van der Waals surface area (Å²) in [5.41, 5.74) is 4.50. The predicted octanol–water partition coefficient (Wildman–Crippen LogP) is 2.68. The Balaban J connectivity index is 1.64. The molecule has 7 heteroatoms. The number of carboxylic acid groups (broad SMARTS) is 1. The molecule has 0 bridgehead atoms. The van der Waals surface area contributed by atoms with Gasteiger partial charge in [0, 0.05) is 34.8 Å². The van der Waals surface area contributed by atoms with Gasteiger partial charge in [-0.2, -0.15) is 0 Å². The number of fused-ring (bicyclic) bond motifs is 1. The van der Waals surface area contributed by atoms with Crippen LogP contribution in [0.5, 0.6) is 0 Å². The lowest BCUT2D eigenvalue weighted by Crippen LogP contribution is -2.42. The summed E-state index contributed by atoms with van der Waals surface area (Å²) in [6.07, 6.45) is 2.86. The number of thiazole rings is 1. The number of nitrogens with zero attached hydrogens (tertiary/aromatic N) is 1. The van der Waals surface area contributed by atoms with E-state index in [0.29, 0.717) is 6.42 Å². The summed E-state index contributed by atoms with van der Waals surface area (Å²) < 4.78 is 0. The van der Waals surface area contributed by atoms with Crippen molar-refractivity contribution in [2.45, 2.75) is 32.2 Å². The first-order valence-corrected chi connectivity index (χ1v) is 8.88. The fourth-order valence-corrected chi connectivity index (χ4v) is 3.56. The molecule has 25 heavy (non-hydrogen) atoms. The lowest BCUT2D eigenvalue weighted by atomic mass is 10.0. The molecule has 0 unspecified atom stereocenters. The smallest absolute Gasteiger partial charge is 0.326 e. The van der Waals surface area contributed by atoms with Gasteiger partial charge in [0.15, 0.2) is 0 Å². The summed E-state index contributed by atoms with van der Waals surface area (Å²) in [7, 11) is 0. The van der Waals surface area contributed by atoms with E-state index >= 15 is 0 Å². The highest BCUT2D eigenvalue weighted by molar-refractivity contribution is 7.09. The number of aryl methyl sites for hydroxylation is 2. The van der Waals surface area contributed by atoms with E-state index < -0.39 is 12.0 Å². The number of carboxylic acids is 1. The van der Waals surface area contributed by atoms with E-state index in [2.05, 4.69) is 15.3 Å². The first kappa shape index (κ1) is 17.2. The van der Waals surface area contributed by atoms with Gasteiger partial charge in [0.05, 0.1) is 11.2 Å². The number of H-pyrrole nitrogens is 1. The Morgan fingerprint density at radius 1 is 1.36 bits per heavy atom. The van der Waals surface area contributed by atoms with Crippen LogP contribution < -0.4 is 5.32 Å². The van der Waals surface area contributed by atoms with Gasteiger partial charge in [-0.05, 0) is 25.0 Å². The minimum Gasteiger partial charge on any atom is -0.480 e. The van der Waals surface area contributed by atoms with E-state index in [4.69, 9.17) is 0 Å². The third-order valence-corrected chi connectivity index (χ3v) is 5.15. The van der Waals surface area contributed by atoms with Crippen LogP contribution in [0, 0.1) is 6.92 Å². The van der Waals surface area contributed by atoms with Crippen molar-refractivity contribution in [3.63, 3.8) is 0 Å². The number of amides is 1. The molecular formula is C18H19N3O3S. The molecule has 3 aromatic rings. The maximum atomic E-state index is 12.2. The number of hydrogen-bond donors (Lipinski definition) is 3. The quantitative estimate of drug-likeness (QED) is 0.606. The van der Waals surface area contributed by atoms with Crippen LogP contribution in [0.3, 0.4) is 0 Å². The van der Waals surface area contributed by atoms with E-state index in [1.807, 2.05) is 31.2 Å². The van der Waals surface area contributed by atoms with Crippen molar-refractivity contribution in [3.05, 3.63) is 52.1 Å². The van der Waals surface area contributed by atoms with Crippen molar-refractivity contribution in [3.8, 4) is 0 Å². The Morgan fingerprint density at radius 3 is 2.88 bits per heavy atom. The van der Waals surface area contributed by atoms with Gasteiger partial charge in [0.2, 0.25) is 5.91 Å². The van der Waals surface area contributed by atoms with Gasteiger partial charge < -0.3 is 15.4 Å². The third-order valence-electron chi connectivity index (χ3n) is 4.16. The van der Waals surface area contributed by atoms with E-state index in [1.54, 1.807) is 11.7 Å². The standard InChI is InChI=1S/C18H19N3O3S/c1-11-16(25-10-20-11)6-7-17(22)21-15(18(23)24)8-12-9-19-14-5-3-2-4-13(12)14/h2-5,9-10,15,19H,6-8H2,1H3,(H,21,22)(H,23,24)/t15-/m0/s1. The maximum absolute atomic E-state index is 12.2. The minimum atomic E-state index is -1.03. The molecule has 0 fully saturated rings. The van der Waals surface area contributed by atoms with Crippen LogP contribution >= 0.6 is 11.3 Å². The van der Waals surface area contributed by atoms with Gasteiger partial charge in [-0.1, -0.05) is 18.2 Å². The lowest BCUT2D eigenvalue weighted by molar-refractivity contribution is -0.141. The molecule has 0 aliphatic rings. The molecule has 0 aliphatic carbocycles. The fourth-order valence-electron chi connectivity index (χ4n) is 2.78. The molecule has 6 nitrogen and oxygen atoms in total. The largest absolute Gasteiger partial charge is 0.480 e. The van der Waals surface area contributed by atoms with Crippen LogP contribution in [0.25, 0.3) is 10.9 Å². The zero-order valence-corrected chi connectivity index (χ0v) is 14.6. The molecule has 1 amide bonds. The zero-order valence-electron chi connectivity index (χ0n) is 13.8. The monoisotopic (exact) mass is 357 g/mol. The molecule has 1 aromatic carbocycles. The SMILES string of the molecule is Cc1ncsc1CCC(=O)N[C@@H](Cc1c[nH]c2ccccc12)C(=O)O. The lowest BCUT2D eigenvalue weighted by Gasteiger charge is -2.14. The molecule has 0 spiro atoms. The molecule has 1 atom stereocenters. The second-order valence-corrected chi connectivity index (χ2v) is 6.82. The highest BCUT2D eigenvalue weighted by atomic mass is 32.1. The number of aliphatic carboxylic acids is 1. The Hall–Kier alpha value is -2.67. The summed E-state index contributed by atoms with van der Waals surface area (Å²) in [5.74, 6) is -1.30. The minimum absolute atomic E-state index is 0.241. The second-order valence-electron chi connectivity index (χ2n) is 5.88. The van der Waals surface area contributed by atoms with Crippen molar-refractivity contribution in [2.75, 3.05) is 0 Å². The van der Waals surface area contributed by atoms with E-state index in [-0.39, 0.29) is 18.7 Å². The Labute approximate surface area is 148 Å². The Bertz CT molecular complexity index is 900. The average Bonchev–Trinajstić information content (AvgIpc) is 3.19. The number of benzene rings is 1. The number of aromatic nitrogens is 2. The van der Waals surface area contributed by atoms with Crippen LogP contribution in [0.15, 0.2) is 36.0 Å². The van der Waals surface area contributed by atoms with Gasteiger partial charge >= 0.3 is 5.97 Å². The number of carbonyl (C=O) groups is 2. The molecule has 0 saturated carbocycles. The number of para-hydroxylation sites is 1. The second kappa shape index (κ2) is 7.48. The van der Waals surface area contributed by atoms with Crippen molar-refractivity contribution in [1.82, 2.24) is 15.3 Å². The van der Waals surface area contributed by atoms with Gasteiger partial charge in [-0.15, -0.1) is 11.3 Å². The highest BCUT2D eigenvalue weighted by Crippen LogP contribution is 2.19. The van der Waals surface area contributed by atoms with Crippen LogP contribution in [0.4, 0.5) is 0 Å². The van der Waals surface area contributed by atoms with Crippen LogP contribution in [0.2, 0.25) is 0 Å². The van der Waals surface area contributed by atoms with E-state index in [9.17, 15) is 14.7 Å². The van der Waals surface area contributed by atoms with E-state index in [1.165, 1.54) is 11.3 Å². The Morgan fingerprint density at radius 2 is 2.16 bits per heavy atom. The molecule has 3 N–H and O–H groups in total. The molecule has 0 radical (unpaired) electrons. The normalized spacial score (nSPS) is 12.2. The Kier molecular flexibility index (Phi) is 5.14. The third kappa shape index (κ3) is 4.06. The first-order valence-electron chi connectivity index (χ1n) is 8.00. The van der Waals surface area contributed by atoms with Crippen molar-refractivity contribution >= 4 is 34.1 Å². The number of rotatable bonds is 7. The molecule has 2 heterocycles. The number of nitrogens with one attached hydrogen (secondary N) is 2. The zero-order chi connectivity index (χ0) is 17.8. The molecular weight excluding hydrogens is 338 g/mol. The molecule has 0 saturated heterocycles. The fraction of sp³-hybridized carbons (Fsp3) is 0.278. The van der Waals surface area contributed by atoms with Crippen molar-refractivity contribution < 1.29 is 14.7 Å². The summed E-state index contributed by atoms with van der Waals surface area (Å²) in [6.45, 7) is 1.90. The van der Waals surface area contributed by atoms with Gasteiger partial charge in [-0.25, -0.2) is 9.78 Å². The summed E-state index contributed by atoms with van der Waals surface area (Å²) in [6, 6.07) is 6.75. The summed E-state index contributed by atoms with van der Waals surface area (Å²) in [4.78, 5) is 32.0. The summed E-state index contributed by atoms with van der Waals surface area (Å²) >= 11 is 1.51. The number of carbonyl (C=O) groups excluding carboxylic acids is 1. The average molecular weight is 357 g/mol. The first-order chi connectivity index (χ1) is 12.0. The van der Waals surface area contributed by atoms with Gasteiger partial charge in [0.25, 0.3) is 0 Å². The predicted molar refractivity (Wildman–Crippen MR) is 96.7 cm³/mol. The van der Waals surface area contributed by atoms with Gasteiger partial charge in [0.1, 0.15) is 6.04 Å². The van der Waals surface area contributed by atoms with Crippen LogP contribution in [-0.4, -0.2) is 33.0 Å². The highest BCUT2D eigenvalue weighted by Gasteiger charge is 2.22. The van der Waals surface area contributed by atoms with Gasteiger partial charge in [-0.3, -0.25) is 4.79 Å².